The second-order valence-corrected chi connectivity index (χ2v) is 7.15. The molecule has 3 N–H and O–H groups in total. The Balaban J connectivity index is 1.79. The molecule has 2 aliphatic rings. The van der Waals surface area contributed by atoms with Crippen molar-refractivity contribution < 1.29 is 15.0 Å². The minimum absolute atomic E-state index is 0.0756. The molecule has 20 heavy (non-hydrogen) atoms. The van der Waals surface area contributed by atoms with E-state index >= 15 is 0 Å². The molecule has 2 saturated carbocycles. The first-order valence-corrected chi connectivity index (χ1v) is 8.11. The van der Waals surface area contributed by atoms with Crippen LogP contribution in [0.2, 0.25) is 0 Å². The summed E-state index contributed by atoms with van der Waals surface area (Å²) < 4.78 is 0. The molecule has 2 aliphatic carbocycles. The lowest BCUT2D eigenvalue weighted by atomic mass is 9.73. The van der Waals surface area contributed by atoms with E-state index in [1.54, 1.807) is 0 Å². The van der Waals surface area contributed by atoms with Gasteiger partial charge in [0.15, 0.2) is 0 Å². The highest BCUT2D eigenvalue weighted by atomic mass is 16.3. The Kier molecular flexibility index (Phi) is 5.08. The number of nitrogens with one attached hydrogen (secondary N) is 1. The third-order valence-corrected chi connectivity index (χ3v) is 5.24. The average Bonchev–Trinajstić information content (AvgIpc) is 2.41. The Morgan fingerprint density at radius 3 is 2.45 bits per heavy atom. The van der Waals surface area contributed by atoms with Crippen LogP contribution in [0.1, 0.15) is 71.1 Å². The number of aliphatic hydroxyl groups is 2. The van der Waals surface area contributed by atoms with E-state index in [4.69, 9.17) is 0 Å². The summed E-state index contributed by atoms with van der Waals surface area (Å²) in [5.41, 5.74) is -1.00. The van der Waals surface area contributed by atoms with Gasteiger partial charge in [0.05, 0.1) is 18.1 Å². The number of hydrogen-bond acceptors (Lipinski definition) is 3. The lowest BCUT2D eigenvalue weighted by Gasteiger charge is -2.39. The Bertz CT molecular complexity index is 339. The molecule has 0 spiro atoms. The average molecular weight is 283 g/mol. The number of carbonyl (C=O) groups is 1. The molecule has 4 nitrogen and oxygen atoms in total. The summed E-state index contributed by atoms with van der Waals surface area (Å²) in [7, 11) is 0. The van der Waals surface area contributed by atoms with E-state index in [0.29, 0.717) is 6.54 Å². The quantitative estimate of drug-likeness (QED) is 0.740. The van der Waals surface area contributed by atoms with Crippen LogP contribution >= 0.6 is 0 Å². The third-order valence-electron chi connectivity index (χ3n) is 5.24. The summed E-state index contributed by atoms with van der Waals surface area (Å²) in [5, 5.41) is 23.4. The summed E-state index contributed by atoms with van der Waals surface area (Å²) in [6, 6.07) is 0. The van der Waals surface area contributed by atoms with Crippen molar-refractivity contribution in [1.82, 2.24) is 5.32 Å². The van der Waals surface area contributed by atoms with Gasteiger partial charge in [-0.3, -0.25) is 4.79 Å². The first-order valence-electron chi connectivity index (χ1n) is 8.11. The first kappa shape index (κ1) is 15.8. The molecule has 0 heterocycles. The highest BCUT2D eigenvalue weighted by Gasteiger charge is 2.37. The summed E-state index contributed by atoms with van der Waals surface area (Å²) in [6.45, 7) is 2.56. The fraction of sp³-hybridized carbons (Fsp3) is 0.938. The Labute approximate surface area is 122 Å². The van der Waals surface area contributed by atoms with Crippen LogP contribution in [0.15, 0.2) is 0 Å². The van der Waals surface area contributed by atoms with Crippen LogP contribution in [-0.4, -0.2) is 34.4 Å². The van der Waals surface area contributed by atoms with Crippen molar-refractivity contribution in [2.45, 2.75) is 82.8 Å². The van der Waals surface area contributed by atoms with Gasteiger partial charge in [-0.1, -0.05) is 39.0 Å². The lowest BCUT2D eigenvalue weighted by Crippen LogP contribution is -2.47. The van der Waals surface area contributed by atoms with E-state index in [1.165, 1.54) is 0 Å². The van der Waals surface area contributed by atoms with Crippen LogP contribution in [0.4, 0.5) is 0 Å². The molecule has 0 aromatic heterocycles. The normalized spacial score (nSPS) is 33.6. The zero-order valence-corrected chi connectivity index (χ0v) is 12.7. The van der Waals surface area contributed by atoms with Crippen LogP contribution in [0.25, 0.3) is 0 Å². The van der Waals surface area contributed by atoms with E-state index in [9.17, 15) is 15.0 Å². The van der Waals surface area contributed by atoms with Gasteiger partial charge in [-0.25, -0.2) is 0 Å². The van der Waals surface area contributed by atoms with Crippen molar-refractivity contribution in [3.05, 3.63) is 0 Å². The zero-order valence-electron chi connectivity index (χ0n) is 12.7. The highest BCUT2D eigenvalue weighted by Crippen LogP contribution is 2.36. The molecular weight excluding hydrogens is 254 g/mol. The molecule has 4 heteroatoms. The zero-order chi connectivity index (χ0) is 14.6. The first-order chi connectivity index (χ1) is 9.44. The van der Waals surface area contributed by atoms with Crippen molar-refractivity contribution in [2.24, 2.45) is 5.41 Å². The van der Waals surface area contributed by atoms with E-state index in [0.717, 1.165) is 57.8 Å². The van der Waals surface area contributed by atoms with Crippen LogP contribution in [0.5, 0.6) is 0 Å². The summed E-state index contributed by atoms with van der Waals surface area (Å²) in [4.78, 5) is 12.1. The van der Waals surface area contributed by atoms with Crippen molar-refractivity contribution in [1.29, 1.82) is 0 Å². The minimum Gasteiger partial charge on any atom is -0.392 e. The van der Waals surface area contributed by atoms with Crippen LogP contribution in [-0.2, 0) is 4.79 Å². The number of rotatable bonds is 4. The Morgan fingerprint density at radius 1 is 1.15 bits per heavy atom. The maximum atomic E-state index is 12.1. The second-order valence-electron chi connectivity index (χ2n) is 7.15. The van der Waals surface area contributed by atoms with Gasteiger partial charge in [-0.2, -0.15) is 0 Å². The maximum absolute atomic E-state index is 12.1. The topological polar surface area (TPSA) is 69.6 Å². The molecule has 0 aromatic rings. The molecule has 2 fully saturated rings. The molecule has 2 unspecified atom stereocenters. The fourth-order valence-corrected chi connectivity index (χ4v) is 3.64. The Hall–Kier alpha value is -0.610. The lowest BCUT2D eigenvalue weighted by molar-refractivity contribution is -0.128. The molecule has 0 radical (unpaired) electrons. The van der Waals surface area contributed by atoms with Gasteiger partial charge in [0.2, 0.25) is 5.91 Å². The third kappa shape index (κ3) is 3.95. The smallest absolute Gasteiger partial charge is 0.222 e. The van der Waals surface area contributed by atoms with Gasteiger partial charge < -0.3 is 15.5 Å². The van der Waals surface area contributed by atoms with Gasteiger partial charge >= 0.3 is 0 Å². The molecule has 2 atom stereocenters. The van der Waals surface area contributed by atoms with E-state index in [2.05, 4.69) is 5.32 Å². The van der Waals surface area contributed by atoms with E-state index in [-0.39, 0.29) is 23.8 Å². The molecule has 0 aromatic carbocycles. The highest BCUT2D eigenvalue weighted by molar-refractivity contribution is 5.77. The van der Waals surface area contributed by atoms with Crippen LogP contribution in [0.3, 0.4) is 0 Å². The predicted octanol–water partition coefficient (Wildman–Crippen LogP) is 2.13. The SMILES string of the molecule is CC1(CNC(=O)CC2(O)CCCCC2)CCCCC1O. The largest absolute Gasteiger partial charge is 0.392 e. The van der Waals surface area contributed by atoms with Crippen molar-refractivity contribution in [3.63, 3.8) is 0 Å². The van der Waals surface area contributed by atoms with Crippen LogP contribution < -0.4 is 5.32 Å². The summed E-state index contributed by atoms with van der Waals surface area (Å²) in [6.07, 6.45) is 8.52. The van der Waals surface area contributed by atoms with E-state index in [1.807, 2.05) is 6.92 Å². The molecule has 0 saturated heterocycles. The van der Waals surface area contributed by atoms with Crippen molar-refractivity contribution >= 4 is 5.91 Å². The minimum atomic E-state index is -0.797. The predicted molar refractivity (Wildman–Crippen MR) is 78.2 cm³/mol. The number of hydrogen-bond donors (Lipinski definition) is 3. The van der Waals surface area contributed by atoms with Gasteiger partial charge in [-0.15, -0.1) is 0 Å². The van der Waals surface area contributed by atoms with Crippen molar-refractivity contribution in [2.75, 3.05) is 6.54 Å². The standard InChI is InChI=1S/C16H29NO3/c1-15(8-6-3-7-13(15)18)12-17-14(19)11-16(20)9-4-2-5-10-16/h13,18,20H,2-12H2,1H3,(H,17,19). The Morgan fingerprint density at radius 2 is 1.80 bits per heavy atom. The van der Waals surface area contributed by atoms with Crippen LogP contribution in [0, 0.1) is 5.41 Å². The summed E-state index contributed by atoms with van der Waals surface area (Å²) in [5.74, 6) is -0.0756. The molecule has 2 rings (SSSR count). The van der Waals surface area contributed by atoms with Gasteiger partial charge in [0.1, 0.15) is 0 Å². The number of carbonyl (C=O) groups excluding carboxylic acids is 1. The maximum Gasteiger partial charge on any atom is 0.222 e. The van der Waals surface area contributed by atoms with Crippen molar-refractivity contribution in [3.8, 4) is 0 Å². The molecule has 0 bridgehead atoms. The van der Waals surface area contributed by atoms with Gasteiger partial charge in [0, 0.05) is 12.0 Å². The molecule has 1 amide bonds. The van der Waals surface area contributed by atoms with Gasteiger partial charge in [0.25, 0.3) is 0 Å². The molecular formula is C16H29NO3. The molecule has 116 valence electrons. The fourth-order valence-electron chi connectivity index (χ4n) is 3.64. The number of amides is 1. The monoisotopic (exact) mass is 283 g/mol. The summed E-state index contributed by atoms with van der Waals surface area (Å²) >= 11 is 0. The number of aliphatic hydroxyl groups excluding tert-OH is 1. The van der Waals surface area contributed by atoms with E-state index < -0.39 is 5.60 Å². The second kappa shape index (κ2) is 6.44. The molecule has 0 aliphatic heterocycles. The van der Waals surface area contributed by atoms with Gasteiger partial charge in [-0.05, 0) is 25.7 Å².